The number of anilines is 1. The molecular weight excluding hydrogens is 361 g/mol. The molecule has 5 nitrogen and oxygen atoms in total. The lowest BCUT2D eigenvalue weighted by molar-refractivity contribution is 0.144. The minimum atomic E-state index is -0.308. The average molecular weight is 382 g/mol. The normalized spacial score (nSPS) is 16.4. The summed E-state index contributed by atoms with van der Waals surface area (Å²) in [6.45, 7) is 2.49. The van der Waals surface area contributed by atoms with E-state index in [1.165, 1.54) is 19.3 Å². The molecule has 1 aromatic carbocycles. The molecule has 1 aliphatic rings. The molecule has 0 bridgehead atoms. The number of carbonyl (C=O) groups excluding carboxylic acids is 1. The third-order valence-corrected chi connectivity index (χ3v) is 4.89. The molecule has 0 radical (unpaired) electrons. The Kier molecular flexibility index (Phi) is 6.24. The van der Waals surface area contributed by atoms with Crippen LogP contribution in [0.4, 0.5) is 10.5 Å². The fraction of sp³-hybridized carbons (Fsp3) is 0.389. The molecule has 0 spiro atoms. The Labute approximate surface area is 157 Å². The van der Waals surface area contributed by atoms with Crippen LogP contribution >= 0.6 is 23.2 Å². The van der Waals surface area contributed by atoms with Gasteiger partial charge in [0.25, 0.3) is 0 Å². The molecular formula is C18H21Cl2N3O2. The number of likely N-dealkylation sites (tertiary alicyclic amines) is 1. The highest BCUT2D eigenvalue weighted by Gasteiger charge is 2.24. The summed E-state index contributed by atoms with van der Waals surface area (Å²) in [7, 11) is 0. The number of hydrogen-bond donors (Lipinski definition) is 2. The summed E-state index contributed by atoms with van der Waals surface area (Å²) in [6, 6.07) is 8.51. The first-order chi connectivity index (χ1) is 12.1. The maximum absolute atomic E-state index is 12.2. The second-order valence-corrected chi connectivity index (χ2v) is 6.93. The van der Waals surface area contributed by atoms with Gasteiger partial charge < -0.3 is 15.1 Å². The van der Waals surface area contributed by atoms with Gasteiger partial charge in [0, 0.05) is 11.6 Å². The van der Waals surface area contributed by atoms with Crippen molar-refractivity contribution in [2.24, 2.45) is 0 Å². The molecule has 1 aliphatic heterocycles. The number of carbonyl (C=O) groups is 1. The molecule has 0 aliphatic carbocycles. The van der Waals surface area contributed by atoms with Crippen LogP contribution in [0.3, 0.4) is 0 Å². The summed E-state index contributed by atoms with van der Waals surface area (Å²) in [5, 5.41) is 6.60. The van der Waals surface area contributed by atoms with Crippen molar-refractivity contribution in [2.75, 3.05) is 25.0 Å². The number of rotatable bonds is 5. The van der Waals surface area contributed by atoms with E-state index in [9.17, 15) is 4.79 Å². The molecule has 1 atom stereocenters. The number of halogens is 2. The SMILES string of the molecule is O=C(NCC(c1ccco1)N1CCCCC1)Nc1ccc(Cl)cc1Cl. The summed E-state index contributed by atoms with van der Waals surface area (Å²) in [5.41, 5.74) is 0.524. The highest BCUT2D eigenvalue weighted by Crippen LogP contribution is 2.26. The molecule has 2 amide bonds. The number of piperidine rings is 1. The third-order valence-electron chi connectivity index (χ3n) is 4.34. The molecule has 1 aromatic heterocycles. The second-order valence-electron chi connectivity index (χ2n) is 6.09. The number of furan rings is 1. The highest BCUT2D eigenvalue weighted by molar-refractivity contribution is 6.36. The van der Waals surface area contributed by atoms with Crippen molar-refractivity contribution in [3.8, 4) is 0 Å². The van der Waals surface area contributed by atoms with Crippen molar-refractivity contribution in [1.82, 2.24) is 10.2 Å². The Bertz CT molecular complexity index is 700. The first-order valence-corrected chi connectivity index (χ1v) is 9.16. The van der Waals surface area contributed by atoms with Gasteiger partial charge >= 0.3 is 6.03 Å². The van der Waals surface area contributed by atoms with Crippen LogP contribution in [0.2, 0.25) is 10.0 Å². The quantitative estimate of drug-likeness (QED) is 0.771. The topological polar surface area (TPSA) is 57.5 Å². The predicted octanol–water partition coefficient (Wildman–Crippen LogP) is 4.94. The molecule has 1 fully saturated rings. The highest BCUT2D eigenvalue weighted by atomic mass is 35.5. The van der Waals surface area contributed by atoms with Crippen molar-refractivity contribution in [1.29, 1.82) is 0 Å². The van der Waals surface area contributed by atoms with E-state index < -0.39 is 0 Å². The molecule has 1 unspecified atom stereocenters. The Morgan fingerprint density at radius 3 is 2.68 bits per heavy atom. The zero-order valence-corrected chi connectivity index (χ0v) is 15.3. The minimum absolute atomic E-state index is 0.0294. The van der Waals surface area contributed by atoms with Crippen LogP contribution in [0.5, 0.6) is 0 Å². The van der Waals surface area contributed by atoms with Crippen molar-refractivity contribution in [3.05, 3.63) is 52.4 Å². The third kappa shape index (κ3) is 4.91. The van der Waals surface area contributed by atoms with Crippen LogP contribution in [0.15, 0.2) is 41.0 Å². The number of amides is 2. The lowest BCUT2D eigenvalue weighted by Crippen LogP contribution is -2.41. The van der Waals surface area contributed by atoms with Crippen molar-refractivity contribution in [3.63, 3.8) is 0 Å². The molecule has 2 aromatic rings. The number of hydrogen-bond acceptors (Lipinski definition) is 3. The van der Waals surface area contributed by atoms with Crippen molar-refractivity contribution < 1.29 is 9.21 Å². The Morgan fingerprint density at radius 1 is 1.20 bits per heavy atom. The van der Waals surface area contributed by atoms with Crippen molar-refractivity contribution >= 4 is 34.9 Å². The lowest BCUT2D eigenvalue weighted by atomic mass is 10.1. The summed E-state index contributed by atoms with van der Waals surface area (Å²) in [4.78, 5) is 14.6. The zero-order valence-electron chi connectivity index (χ0n) is 13.8. The van der Waals surface area contributed by atoms with E-state index >= 15 is 0 Å². The summed E-state index contributed by atoms with van der Waals surface area (Å²) >= 11 is 12.0. The van der Waals surface area contributed by atoms with Gasteiger partial charge in [0.2, 0.25) is 0 Å². The van der Waals surface area contributed by atoms with E-state index in [1.54, 1.807) is 24.5 Å². The summed E-state index contributed by atoms with van der Waals surface area (Å²) < 4.78 is 5.58. The second kappa shape index (κ2) is 8.61. The van der Waals surface area contributed by atoms with Gasteiger partial charge in [-0.25, -0.2) is 4.79 Å². The molecule has 3 rings (SSSR count). The molecule has 25 heavy (non-hydrogen) atoms. The van der Waals surface area contributed by atoms with Gasteiger partial charge in [-0.15, -0.1) is 0 Å². The molecule has 134 valence electrons. The van der Waals surface area contributed by atoms with Gasteiger partial charge in [-0.1, -0.05) is 29.6 Å². The molecule has 1 saturated heterocycles. The van der Waals surface area contributed by atoms with Crippen LogP contribution in [-0.2, 0) is 0 Å². The van der Waals surface area contributed by atoms with Gasteiger partial charge in [0.15, 0.2) is 0 Å². The van der Waals surface area contributed by atoms with E-state index in [4.69, 9.17) is 27.6 Å². The standard InChI is InChI=1S/C18H21Cl2N3O2/c19-13-6-7-15(14(20)11-13)22-18(24)21-12-16(17-5-4-10-25-17)23-8-2-1-3-9-23/h4-7,10-11,16H,1-3,8-9,12H2,(H2,21,22,24). The monoisotopic (exact) mass is 381 g/mol. The fourth-order valence-electron chi connectivity index (χ4n) is 3.07. The largest absolute Gasteiger partial charge is 0.468 e. The maximum Gasteiger partial charge on any atom is 0.319 e. The van der Waals surface area contributed by atoms with E-state index in [0.29, 0.717) is 22.3 Å². The molecule has 2 heterocycles. The van der Waals surface area contributed by atoms with Gasteiger partial charge in [0.05, 0.1) is 23.0 Å². The molecule has 0 saturated carbocycles. The van der Waals surface area contributed by atoms with Crippen LogP contribution < -0.4 is 10.6 Å². The fourth-order valence-corrected chi connectivity index (χ4v) is 3.52. The van der Waals surface area contributed by atoms with E-state index in [1.807, 2.05) is 12.1 Å². The van der Waals surface area contributed by atoms with E-state index in [0.717, 1.165) is 18.8 Å². The summed E-state index contributed by atoms with van der Waals surface area (Å²) in [6.07, 6.45) is 5.26. The van der Waals surface area contributed by atoms with Gasteiger partial charge in [-0.2, -0.15) is 0 Å². The first-order valence-electron chi connectivity index (χ1n) is 8.41. The van der Waals surface area contributed by atoms with Crippen LogP contribution in [0, 0.1) is 0 Å². The number of benzene rings is 1. The maximum atomic E-state index is 12.2. The molecule has 7 heteroatoms. The van der Waals surface area contributed by atoms with Gasteiger partial charge in [0.1, 0.15) is 5.76 Å². The smallest absolute Gasteiger partial charge is 0.319 e. The van der Waals surface area contributed by atoms with Gasteiger partial charge in [-0.05, 0) is 56.3 Å². The van der Waals surface area contributed by atoms with E-state index in [2.05, 4.69) is 15.5 Å². The Morgan fingerprint density at radius 2 is 2.00 bits per heavy atom. The zero-order chi connectivity index (χ0) is 17.6. The molecule has 2 N–H and O–H groups in total. The van der Waals surface area contributed by atoms with Crippen LogP contribution in [0.1, 0.15) is 31.1 Å². The minimum Gasteiger partial charge on any atom is -0.468 e. The number of nitrogens with zero attached hydrogens (tertiary/aromatic N) is 1. The first kappa shape index (κ1) is 18.1. The Hall–Kier alpha value is -1.69. The van der Waals surface area contributed by atoms with Crippen molar-refractivity contribution in [2.45, 2.75) is 25.3 Å². The summed E-state index contributed by atoms with van der Waals surface area (Å²) in [5.74, 6) is 0.867. The van der Waals surface area contributed by atoms with Gasteiger partial charge in [-0.3, -0.25) is 4.90 Å². The average Bonchev–Trinajstić information content (AvgIpc) is 3.13. The Balaban J connectivity index is 1.61. The van der Waals surface area contributed by atoms with Crippen LogP contribution in [-0.4, -0.2) is 30.6 Å². The van der Waals surface area contributed by atoms with Crippen LogP contribution in [0.25, 0.3) is 0 Å². The number of urea groups is 1. The lowest BCUT2D eigenvalue weighted by Gasteiger charge is -2.33. The predicted molar refractivity (Wildman–Crippen MR) is 100 cm³/mol. The van der Waals surface area contributed by atoms with E-state index in [-0.39, 0.29) is 12.1 Å². The number of nitrogens with one attached hydrogen (secondary N) is 2.